The van der Waals surface area contributed by atoms with Gasteiger partial charge in [-0.15, -0.1) is 0 Å². The van der Waals surface area contributed by atoms with E-state index in [9.17, 15) is 0 Å². The summed E-state index contributed by atoms with van der Waals surface area (Å²) in [6.45, 7) is 4.25. The molecule has 0 radical (unpaired) electrons. The van der Waals surface area contributed by atoms with Crippen molar-refractivity contribution in [3.63, 3.8) is 0 Å². The van der Waals surface area contributed by atoms with Crippen molar-refractivity contribution in [2.24, 2.45) is 15.7 Å². The van der Waals surface area contributed by atoms with Crippen LogP contribution in [0.4, 0.5) is 11.4 Å². The van der Waals surface area contributed by atoms with Gasteiger partial charge in [-0.2, -0.15) is 4.99 Å². The molecular formula is C21H24N6O2. The maximum absolute atomic E-state index is 6.12. The molecule has 3 N–H and O–H groups in total. The van der Waals surface area contributed by atoms with Crippen LogP contribution in [0, 0.1) is 6.92 Å². The highest BCUT2D eigenvalue weighted by Crippen LogP contribution is 2.35. The molecule has 0 spiro atoms. The van der Waals surface area contributed by atoms with Crippen molar-refractivity contribution >= 4 is 23.3 Å². The standard InChI is InChI=1S/C21H24N6O2/c1-14-4-7-16(8-5-14)27-20(23-15-6-9-17-18(12-15)29-13-28-17)24-19(22)25-21(27)26-10-2-3-11-26/h4-9,12,20,23H,2-3,10-11,13H2,1H3,(H2,22,24). The van der Waals surface area contributed by atoms with Gasteiger partial charge in [-0.05, 0) is 44.0 Å². The van der Waals surface area contributed by atoms with Crippen LogP contribution in [0.1, 0.15) is 18.4 Å². The third kappa shape index (κ3) is 3.41. The number of ether oxygens (including phenoxy) is 2. The second-order valence-corrected chi connectivity index (χ2v) is 7.38. The monoisotopic (exact) mass is 392 g/mol. The molecule has 1 fully saturated rings. The van der Waals surface area contributed by atoms with Gasteiger partial charge < -0.3 is 25.4 Å². The number of hydrogen-bond donors (Lipinski definition) is 2. The minimum Gasteiger partial charge on any atom is -0.454 e. The molecule has 0 aromatic heterocycles. The minimum atomic E-state index is -0.425. The van der Waals surface area contributed by atoms with E-state index in [1.54, 1.807) is 0 Å². The van der Waals surface area contributed by atoms with Crippen LogP contribution >= 0.6 is 0 Å². The average molecular weight is 392 g/mol. The Kier molecular flexibility index (Phi) is 4.38. The maximum atomic E-state index is 6.12. The predicted molar refractivity (Wildman–Crippen MR) is 113 cm³/mol. The number of guanidine groups is 2. The van der Waals surface area contributed by atoms with E-state index < -0.39 is 6.29 Å². The summed E-state index contributed by atoms with van der Waals surface area (Å²) in [5.41, 5.74) is 9.20. The maximum Gasteiger partial charge on any atom is 0.231 e. The van der Waals surface area contributed by atoms with Crippen LogP contribution in [0.5, 0.6) is 11.5 Å². The Morgan fingerprint density at radius 2 is 1.79 bits per heavy atom. The Labute approximate surface area is 169 Å². The third-order valence-electron chi connectivity index (χ3n) is 5.30. The molecule has 8 heteroatoms. The normalized spacial score (nSPS) is 20.5. The summed E-state index contributed by atoms with van der Waals surface area (Å²) in [5.74, 6) is 2.57. The fourth-order valence-corrected chi connectivity index (χ4v) is 3.81. The Balaban J connectivity index is 1.51. The summed E-state index contributed by atoms with van der Waals surface area (Å²) in [6.07, 6.45) is 1.88. The smallest absolute Gasteiger partial charge is 0.231 e. The predicted octanol–water partition coefficient (Wildman–Crippen LogP) is 2.71. The molecule has 3 aliphatic rings. The zero-order valence-corrected chi connectivity index (χ0v) is 16.3. The van der Waals surface area contributed by atoms with Crippen molar-refractivity contribution in [1.82, 2.24) is 4.90 Å². The number of rotatable bonds is 3. The number of hydrogen-bond acceptors (Lipinski definition) is 8. The molecular weight excluding hydrogens is 368 g/mol. The average Bonchev–Trinajstić information content (AvgIpc) is 3.40. The number of aryl methyl sites for hydroxylation is 1. The zero-order chi connectivity index (χ0) is 19.8. The Morgan fingerprint density at radius 1 is 1.03 bits per heavy atom. The van der Waals surface area contributed by atoms with Crippen molar-refractivity contribution in [1.29, 1.82) is 0 Å². The molecule has 1 atom stereocenters. The lowest BCUT2D eigenvalue weighted by molar-refractivity contribution is 0.174. The highest BCUT2D eigenvalue weighted by Gasteiger charge is 2.32. The lowest BCUT2D eigenvalue weighted by Gasteiger charge is -2.38. The first-order chi connectivity index (χ1) is 14.2. The molecule has 2 aromatic rings. The second-order valence-electron chi connectivity index (χ2n) is 7.38. The number of benzene rings is 2. The molecule has 5 rings (SSSR count). The van der Waals surface area contributed by atoms with Crippen LogP contribution in [0.2, 0.25) is 0 Å². The zero-order valence-electron chi connectivity index (χ0n) is 16.3. The van der Waals surface area contributed by atoms with E-state index in [4.69, 9.17) is 15.2 Å². The van der Waals surface area contributed by atoms with Gasteiger partial charge in [-0.1, -0.05) is 17.7 Å². The van der Waals surface area contributed by atoms with E-state index in [1.807, 2.05) is 18.2 Å². The highest BCUT2D eigenvalue weighted by molar-refractivity contribution is 6.06. The molecule has 1 unspecified atom stereocenters. The highest BCUT2D eigenvalue weighted by atomic mass is 16.7. The van der Waals surface area contributed by atoms with Crippen molar-refractivity contribution in [2.45, 2.75) is 26.1 Å². The van der Waals surface area contributed by atoms with E-state index in [2.05, 4.69) is 56.3 Å². The van der Waals surface area contributed by atoms with E-state index in [1.165, 1.54) is 5.56 Å². The number of nitrogens with zero attached hydrogens (tertiary/aromatic N) is 4. The first-order valence-electron chi connectivity index (χ1n) is 9.86. The van der Waals surface area contributed by atoms with Crippen LogP contribution in [-0.4, -0.2) is 43.0 Å². The molecule has 0 amide bonds. The van der Waals surface area contributed by atoms with Gasteiger partial charge in [0.2, 0.25) is 25.0 Å². The first kappa shape index (κ1) is 17.7. The van der Waals surface area contributed by atoms with Crippen LogP contribution in [0.15, 0.2) is 52.4 Å². The number of fused-ring (bicyclic) bond motifs is 1. The SMILES string of the molecule is Cc1ccc(N2C(N3CCCC3)=NC(N)=NC2Nc2ccc3c(c2)OCO3)cc1. The van der Waals surface area contributed by atoms with Crippen molar-refractivity contribution < 1.29 is 9.47 Å². The summed E-state index contributed by atoms with van der Waals surface area (Å²) >= 11 is 0. The lowest BCUT2D eigenvalue weighted by Crippen LogP contribution is -2.54. The van der Waals surface area contributed by atoms with E-state index in [-0.39, 0.29) is 12.8 Å². The fourth-order valence-electron chi connectivity index (χ4n) is 3.81. The van der Waals surface area contributed by atoms with Gasteiger partial charge in [0.25, 0.3) is 0 Å². The van der Waals surface area contributed by atoms with Crippen molar-refractivity contribution in [3.05, 3.63) is 48.0 Å². The van der Waals surface area contributed by atoms with Crippen molar-refractivity contribution in [3.8, 4) is 11.5 Å². The fraction of sp³-hybridized carbons (Fsp3) is 0.333. The van der Waals surface area contributed by atoms with Crippen LogP contribution in [-0.2, 0) is 0 Å². The van der Waals surface area contributed by atoms with E-state index >= 15 is 0 Å². The summed E-state index contributed by atoms with van der Waals surface area (Å²) in [4.78, 5) is 13.6. The first-order valence-corrected chi connectivity index (χ1v) is 9.86. The largest absolute Gasteiger partial charge is 0.454 e. The van der Waals surface area contributed by atoms with Gasteiger partial charge in [0.05, 0.1) is 0 Å². The molecule has 0 aliphatic carbocycles. The molecule has 29 heavy (non-hydrogen) atoms. The molecule has 3 heterocycles. The molecule has 3 aliphatic heterocycles. The van der Waals surface area contributed by atoms with Gasteiger partial charge in [-0.3, -0.25) is 4.90 Å². The van der Waals surface area contributed by atoms with Gasteiger partial charge in [-0.25, -0.2) is 4.99 Å². The molecule has 8 nitrogen and oxygen atoms in total. The van der Waals surface area contributed by atoms with E-state index in [0.717, 1.165) is 54.8 Å². The second kappa shape index (κ2) is 7.20. The lowest BCUT2D eigenvalue weighted by atomic mass is 10.2. The van der Waals surface area contributed by atoms with Gasteiger partial charge in [0.15, 0.2) is 11.5 Å². The number of likely N-dealkylation sites (tertiary alicyclic amines) is 1. The quantitative estimate of drug-likeness (QED) is 0.835. The van der Waals surface area contributed by atoms with Gasteiger partial charge in [0.1, 0.15) is 0 Å². The molecule has 2 aromatic carbocycles. The van der Waals surface area contributed by atoms with Crippen LogP contribution < -0.4 is 25.4 Å². The summed E-state index contributed by atoms with van der Waals surface area (Å²) in [7, 11) is 0. The molecule has 0 saturated carbocycles. The topological polar surface area (TPSA) is 87.7 Å². The number of nitrogens with one attached hydrogen (secondary N) is 1. The molecule has 1 saturated heterocycles. The Morgan fingerprint density at radius 3 is 2.59 bits per heavy atom. The Hall–Kier alpha value is -3.42. The molecule has 150 valence electrons. The van der Waals surface area contributed by atoms with Crippen LogP contribution in [0.25, 0.3) is 0 Å². The molecule has 0 bridgehead atoms. The number of aliphatic imine (C=N–C) groups is 2. The Bertz CT molecular complexity index is 966. The van der Waals surface area contributed by atoms with Crippen molar-refractivity contribution in [2.75, 3.05) is 30.1 Å². The van der Waals surface area contributed by atoms with Crippen LogP contribution in [0.3, 0.4) is 0 Å². The number of anilines is 2. The number of nitrogens with two attached hydrogens (primary N) is 1. The summed E-state index contributed by atoms with van der Waals surface area (Å²) in [5, 5.41) is 3.47. The van der Waals surface area contributed by atoms with Gasteiger partial charge >= 0.3 is 0 Å². The van der Waals surface area contributed by atoms with E-state index in [0.29, 0.717) is 0 Å². The summed E-state index contributed by atoms with van der Waals surface area (Å²) in [6, 6.07) is 14.1. The summed E-state index contributed by atoms with van der Waals surface area (Å²) < 4.78 is 10.9. The van der Waals surface area contributed by atoms with Gasteiger partial charge in [0, 0.05) is 30.5 Å². The minimum absolute atomic E-state index is 0.245. The third-order valence-corrected chi connectivity index (χ3v) is 5.30.